The van der Waals surface area contributed by atoms with Gasteiger partial charge in [-0.1, -0.05) is 26.8 Å². The summed E-state index contributed by atoms with van der Waals surface area (Å²) in [6.45, 7) is 7.61. The molecule has 18 heavy (non-hydrogen) atoms. The van der Waals surface area contributed by atoms with Crippen molar-refractivity contribution in [3.8, 4) is 0 Å². The third kappa shape index (κ3) is 5.00. The molecule has 0 heterocycles. The Hall–Kier alpha value is 0.1000. The van der Waals surface area contributed by atoms with Crippen molar-refractivity contribution in [3.63, 3.8) is 0 Å². The fourth-order valence-corrected chi connectivity index (χ4v) is 2.53. The number of halogens is 2. The standard InChI is InChI=1S/C14H21Br2NO/c1-14(2,3)13(6-7-18)17-9-10-4-5-11(15)12(16)8-10/h4-5,8,13,17-18H,6-7,9H2,1-3H3. The molecular formula is C14H21Br2NO. The Labute approximate surface area is 126 Å². The molecule has 0 bridgehead atoms. The molecule has 0 aromatic heterocycles. The summed E-state index contributed by atoms with van der Waals surface area (Å²) in [5, 5.41) is 12.7. The van der Waals surface area contributed by atoms with Gasteiger partial charge in [0.1, 0.15) is 0 Å². The Kier molecular flexibility index (Phi) is 6.31. The minimum Gasteiger partial charge on any atom is -0.396 e. The van der Waals surface area contributed by atoms with E-state index in [9.17, 15) is 0 Å². The minimum absolute atomic E-state index is 0.148. The van der Waals surface area contributed by atoms with E-state index >= 15 is 0 Å². The van der Waals surface area contributed by atoms with Crippen LogP contribution >= 0.6 is 31.9 Å². The lowest BCUT2D eigenvalue weighted by molar-refractivity contribution is 0.196. The lowest BCUT2D eigenvalue weighted by Gasteiger charge is -2.31. The molecule has 0 radical (unpaired) electrons. The third-order valence-electron chi connectivity index (χ3n) is 3.00. The second-order valence-corrected chi connectivity index (χ2v) is 7.27. The van der Waals surface area contributed by atoms with Crippen LogP contribution in [0.25, 0.3) is 0 Å². The monoisotopic (exact) mass is 377 g/mol. The Balaban J connectivity index is 2.64. The van der Waals surface area contributed by atoms with Crippen LogP contribution in [0.5, 0.6) is 0 Å². The van der Waals surface area contributed by atoms with Gasteiger partial charge >= 0.3 is 0 Å². The fourth-order valence-electron chi connectivity index (χ4n) is 1.86. The summed E-state index contributed by atoms with van der Waals surface area (Å²) in [4.78, 5) is 0. The van der Waals surface area contributed by atoms with Crippen LogP contribution in [0.2, 0.25) is 0 Å². The smallest absolute Gasteiger partial charge is 0.0446 e. The van der Waals surface area contributed by atoms with Crippen molar-refractivity contribution >= 4 is 31.9 Å². The van der Waals surface area contributed by atoms with Gasteiger partial charge in [-0.15, -0.1) is 0 Å². The Morgan fingerprint density at radius 3 is 2.39 bits per heavy atom. The number of nitrogens with one attached hydrogen (secondary N) is 1. The molecule has 1 aromatic carbocycles. The van der Waals surface area contributed by atoms with E-state index in [4.69, 9.17) is 5.11 Å². The zero-order valence-corrected chi connectivity index (χ0v) is 14.3. The number of hydrogen-bond donors (Lipinski definition) is 2. The van der Waals surface area contributed by atoms with E-state index in [1.165, 1.54) is 5.56 Å². The zero-order chi connectivity index (χ0) is 13.8. The first kappa shape index (κ1) is 16.2. The second kappa shape index (κ2) is 7.04. The summed E-state index contributed by atoms with van der Waals surface area (Å²) in [6, 6.07) is 6.56. The summed E-state index contributed by atoms with van der Waals surface area (Å²) in [5.74, 6) is 0. The topological polar surface area (TPSA) is 32.3 Å². The predicted octanol–water partition coefficient (Wildman–Crippen LogP) is 4.10. The van der Waals surface area contributed by atoms with Crippen molar-refractivity contribution in [2.45, 2.75) is 39.8 Å². The van der Waals surface area contributed by atoms with Crippen molar-refractivity contribution in [3.05, 3.63) is 32.7 Å². The van der Waals surface area contributed by atoms with Gasteiger partial charge in [-0.3, -0.25) is 0 Å². The number of aliphatic hydroxyl groups is 1. The van der Waals surface area contributed by atoms with E-state index in [1.54, 1.807) is 0 Å². The van der Waals surface area contributed by atoms with Crippen molar-refractivity contribution < 1.29 is 5.11 Å². The van der Waals surface area contributed by atoms with E-state index < -0.39 is 0 Å². The lowest BCUT2D eigenvalue weighted by Crippen LogP contribution is -2.40. The van der Waals surface area contributed by atoms with Gasteiger partial charge in [0.2, 0.25) is 0 Å². The summed E-state index contributed by atoms with van der Waals surface area (Å²) < 4.78 is 2.13. The van der Waals surface area contributed by atoms with Gasteiger partial charge in [0.05, 0.1) is 0 Å². The highest BCUT2D eigenvalue weighted by Gasteiger charge is 2.23. The maximum atomic E-state index is 9.12. The molecule has 4 heteroatoms. The molecule has 0 aliphatic carbocycles. The normalized spacial score (nSPS) is 13.7. The SMILES string of the molecule is CC(C)(C)C(CCO)NCc1ccc(Br)c(Br)c1. The average molecular weight is 379 g/mol. The van der Waals surface area contributed by atoms with E-state index in [2.05, 4.69) is 70.1 Å². The molecule has 1 unspecified atom stereocenters. The van der Waals surface area contributed by atoms with Gasteiger partial charge in [0.25, 0.3) is 0 Å². The highest BCUT2D eigenvalue weighted by Crippen LogP contribution is 2.25. The Morgan fingerprint density at radius 2 is 1.89 bits per heavy atom. The Morgan fingerprint density at radius 1 is 1.22 bits per heavy atom. The van der Waals surface area contributed by atoms with Crippen LogP contribution < -0.4 is 5.32 Å². The molecule has 0 saturated heterocycles. The second-order valence-electron chi connectivity index (χ2n) is 5.56. The molecule has 2 nitrogen and oxygen atoms in total. The molecule has 0 spiro atoms. The van der Waals surface area contributed by atoms with E-state index in [0.717, 1.165) is 21.9 Å². The summed E-state index contributed by atoms with van der Waals surface area (Å²) in [7, 11) is 0. The summed E-state index contributed by atoms with van der Waals surface area (Å²) >= 11 is 6.97. The fraction of sp³-hybridized carbons (Fsp3) is 0.571. The zero-order valence-electron chi connectivity index (χ0n) is 11.1. The molecule has 0 saturated carbocycles. The molecular weight excluding hydrogens is 358 g/mol. The lowest BCUT2D eigenvalue weighted by atomic mass is 9.85. The third-order valence-corrected chi connectivity index (χ3v) is 4.88. The highest BCUT2D eigenvalue weighted by atomic mass is 79.9. The van der Waals surface area contributed by atoms with E-state index in [0.29, 0.717) is 6.04 Å². The first-order valence-corrected chi connectivity index (χ1v) is 7.71. The van der Waals surface area contributed by atoms with Crippen molar-refractivity contribution in [1.29, 1.82) is 0 Å². The molecule has 0 aliphatic rings. The van der Waals surface area contributed by atoms with Crippen LogP contribution in [0.4, 0.5) is 0 Å². The summed E-state index contributed by atoms with van der Waals surface area (Å²) in [6.07, 6.45) is 0.779. The van der Waals surface area contributed by atoms with Gasteiger partial charge in [-0.2, -0.15) is 0 Å². The average Bonchev–Trinajstić information content (AvgIpc) is 2.27. The Bertz CT molecular complexity index is 388. The predicted molar refractivity (Wildman–Crippen MR) is 83.6 cm³/mol. The molecule has 1 atom stereocenters. The van der Waals surface area contributed by atoms with Crippen LogP contribution in [0.1, 0.15) is 32.8 Å². The quantitative estimate of drug-likeness (QED) is 0.808. The van der Waals surface area contributed by atoms with Crippen LogP contribution in [-0.4, -0.2) is 17.8 Å². The van der Waals surface area contributed by atoms with Gasteiger partial charge in [-0.25, -0.2) is 0 Å². The molecule has 1 aromatic rings. The van der Waals surface area contributed by atoms with Gasteiger partial charge < -0.3 is 10.4 Å². The van der Waals surface area contributed by atoms with Crippen molar-refractivity contribution in [1.82, 2.24) is 5.32 Å². The van der Waals surface area contributed by atoms with Crippen molar-refractivity contribution in [2.75, 3.05) is 6.61 Å². The van der Waals surface area contributed by atoms with Gasteiger partial charge in [0.15, 0.2) is 0 Å². The van der Waals surface area contributed by atoms with Crippen molar-refractivity contribution in [2.24, 2.45) is 5.41 Å². The summed E-state index contributed by atoms with van der Waals surface area (Å²) in [5.41, 5.74) is 1.38. The van der Waals surface area contributed by atoms with Gasteiger partial charge in [-0.05, 0) is 61.4 Å². The maximum absolute atomic E-state index is 9.12. The molecule has 0 amide bonds. The molecule has 0 fully saturated rings. The maximum Gasteiger partial charge on any atom is 0.0446 e. The number of rotatable bonds is 5. The van der Waals surface area contributed by atoms with Crippen LogP contribution in [-0.2, 0) is 6.54 Å². The number of hydrogen-bond acceptors (Lipinski definition) is 2. The largest absolute Gasteiger partial charge is 0.396 e. The minimum atomic E-state index is 0.148. The molecule has 102 valence electrons. The molecule has 0 aliphatic heterocycles. The van der Waals surface area contributed by atoms with Crippen LogP contribution in [0.3, 0.4) is 0 Å². The number of aliphatic hydroxyl groups excluding tert-OH is 1. The van der Waals surface area contributed by atoms with E-state index in [-0.39, 0.29) is 12.0 Å². The first-order valence-electron chi connectivity index (χ1n) is 6.12. The first-order chi connectivity index (χ1) is 8.34. The van der Waals surface area contributed by atoms with Gasteiger partial charge in [0, 0.05) is 28.1 Å². The number of benzene rings is 1. The highest BCUT2D eigenvalue weighted by molar-refractivity contribution is 9.13. The van der Waals surface area contributed by atoms with Crippen LogP contribution in [0.15, 0.2) is 27.1 Å². The molecule has 1 rings (SSSR count). The molecule has 2 N–H and O–H groups in total. The van der Waals surface area contributed by atoms with E-state index in [1.807, 2.05) is 6.07 Å². The van der Waals surface area contributed by atoms with Crippen LogP contribution in [0, 0.1) is 5.41 Å².